The molecule has 0 aromatic heterocycles. The molecule has 1 aliphatic rings. The summed E-state index contributed by atoms with van der Waals surface area (Å²) in [6.07, 6.45) is 1.62. The highest BCUT2D eigenvalue weighted by Gasteiger charge is 2.35. The highest BCUT2D eigenvalue weighted by molar-refractivity contribution is 5.99. The van der Waals surface area contributed by atoms with Gasteiger partial charge in [0.15, 0.2) is 6.29 Å². The van der Waals surface area contributed by atoms with Crippen molar-refractivity contribution in [3.63, 3.8) is 0 Å². The number of carbonyl (C=O) groups excluding carboxylic acids is 1. The van der Waals surface area contributed by atoms with E-state index in [1.165, 1.54) is 30.3 Å². The van der Waals surface area contributed by atoms with Crippen LogP contribution in [0.15, 0.2) is 36.4 Å². The zero-order chi connectivity index (χ0) is 20.7. The van der Waals surface area contributed by atoms with Crippen molar-refractivity contribution in [3.05, 3.63) is 42.0 Å². The second kappa shape index (κ2) is 10.3. The predicted octanol–water partition coefficient (Wildman–Crippen LogP) is 1.92. The fourth-order valence-electron chi connectivity index (χ4n) is 2.76. The Hall–Kier alpha value is -2.26. The number of hydrogen-bond donors (Lipinski definition) is 4. The average molecular weight is 393 g/mol. The third-order valence-corrected chi connectivity index (χ3v) is 4.46. The molecule has 1 fully saturated rings. The van der Waals surface area contributed by atoms with E-state index < -0.39 is 30.6 Å². The van der Waals surface area contributed by atoms with Gasteiger partial charge >= 0.3 is 5.97 Å². The summed E-state index contributed by atoms with van der Waals surface area (Å²) in [4.78, 5) is 22.7. The number of carboxylic acid groups (broad SMARTS) is 1. The number of allylic oxidation sites excluding steroid dienone is 1. The molecule has 1 amide bonds. The van der Waals surface area contributed by atoms with Crippen LogP contribution in [0.2, 0.25) is 0 Å². The minimum absolute atomic E-state index is 0.151. The molecule has 4 N–H and O–H groups in total. The van der Waals surface area contributed by atoms with Crippen LogP contribution in [0.1, 0.15) is 43.5 Å². The Labute approximate surface area is 163 Å². The number of aliphatic hydroxyl groups is 2. The van der Waals surface area contributed by atoms with Crippen molar-refractivity contribution in [3.8, 4) is 0 Å². The average Bonchev–Trinajstić information content (AvgIpc) is 2.63. The number of aromatic carboxylic acids is 1. The van der Waals surface area contributed by atoms with Gasteiger partial charge in [0.2, 0.25) is 5.91 Å². The molecule has 154 valence electrons. The van der Waals surface area contributed by atoms with Gasteiger partial charge in [0.05, 0.1) is 23.9 Å². The van der Waals surface area contributed by atoms with Crippen molar-refractivity contribution < 1.29 is 34.4 Å². The van der Waals surface area contributed by atoms with Gasteiger partial charge in [-0.15, -0.1) is 0 Å². The number of carboxylic acids is 1. The molecule has 1 heterocycles. The maximum atomic E-state index is 11.9. The zero-order valence-electron chi connectivity index (χ0n) is 15.9. The quantitative estimate of drug-likeness (QED) is 0.497. The number of nitrogens with one attached hydrogen (secondary N) is 1. The highest BCUT2D eigenvalue weighted by atomic mass is 16.7. The predicted molar refractivity (Wildman–Crippen MR) is 102 cm³/mol. The van der Waals surface area contributed by atoms with Gasteiger partial charge in [0, 0.05) is 12.1 Å². The number of anilines is 1. The Morgan fingerprint density at radius 1 is 1.29 bits per heavy atom. The molecule has 28 heavy (non-hydrogen) atoms. The number of aliphatic hydroxyl groups excluding tert-OH is 2. The van der Waals surface area contributed by atoms with E-state index in [0.29, 0.717) is 18.5 Å². The molecular formula is C20H27NO7. The van der Waals surface area contributed by atoms with Crippen molar-refractivity contribution in [1.82, 2.24) is 0 Å². The highest BCUT2D eigenvalue weighted by Crippen LogP contribution is 2.22. The van der Waals surface area contributed by atoms with Crippen LogP contribution in [0.5, 0.6) is 0 Å². The van der Waals surface area contributed by atoms with Crippen LogP contribution in [-0.2, 0) is 14.3 Å². The van der Waals surface area contributed by atoms with Gasteiger partial charge in [-0.2, -0.15) is 0 Å². The van der Waals surface area contributed by atoms with Crippen molar-refractivity contribution in [2.75, 3.05) is 5.32 Å². The van der Waals surface area contributed by atoms with Gasteiger partial charge < -0.3 is 30.1 Å². The van der Waals surface area contributed by atoms with E-state index in [1.807, 2.05) is 6.92 Å². The van der Waals surface area contributed by atoms with E-state index in [2.05, 4.69) is 5.32 Å². The molecular weight excluding hydrogens is 366 g/mol. The maximum Gasteiger partial charge on any atom is 0.335 e. The van der Waals surface area contributed by atoms with E-state index >= 15 is 0 Å². The van der Waals surface area contributed by atoms with Crippen LogP contribution in [0.4, 0.5) is 5.69 Å². The lowest BCUT2D eigenvalue weighted by atomic mass is 10.0. The summed E-state index contributed by atoms with van der Waals surface area (Å²) in [5.41, 5.74) is 0.662. The Morgan fingerprint density at radius 3 is 2.61 bits per heavy atom. The maximum absolute atomic E-state index is 11.9. The molecule has 1 unspecified atom stereocenters. The molecule has 8 nitrogen and oxygen atoms in total. The van der Waals surface area contributed by atoms with Gasteiger partial charge in [-0.25, -0.2) is 4.79 Å². The number of amides is 1. The van der Waals surface area contributed by atoms with Gasteiger partial charge in [-0.05, 0) is 57.0 Å². The third-order valence-electron chi connectivity index (χ3n) is 4.46. The summed E-state index contributed by atoms with van der Waals surface area (Å²) in [5.74, 6) is -1.34. The summed E-state index contributed by atoms with van der Waals surface area (Å²) < 4.78 is 11.2. The number of ether oxygens (including phenoxy) is 2. The molecule has 1 aliphatic heterocycles. The third kappa shape index (κ3) is 6.72. The first-order valence-electron chi connectivity index (χ1n) is 9.24. The molecule has 1 aromatic rings. The van der Waals surface area contributed by atoms with Crippen molar-refractivity contribution in [1.29, 1.82) is 0 Å². The lowest BCUT2D eigenvalue weighted by molar-refractivity contribution is -0.273. The monoisotopic (exact) mass is 393 g/mol. The van der Waals surface area contributed by atoms with Crippen LogP contribution in [-0.4, -0.2) is 57.9 Å². The largest absolute Gasteiger partial charge is 0.478 e. The molecule has 0 spiro atoms. The first-order chi connectivity index (χ1) is 13.3. The first-order valence-corrected chi connectivity index (χ1v) is 9.24. The number of carbonyl (C=O) groups is 2. The van der Waals surface area contributed by atoms with Crippen LogP contribution in [0.25, 0.3) is 0 Å². The second-order valence-electron chi connectivity index (χ2n) is 6.88. The van der Waals surface area contributed by atoms with E-state index in [9.17, 15) is 19.8 Å². The first kappa shape index (κ1) is 22.0. The lowest BCUT2D eigenvalue weighted by Gasteiger charge is -2.36. The van der Waals surface area contributed by atoms with E-state index in [-0.39, 0.29) is 24.0 Å². The van der Waals surface area contributed by atoms with E-state index in [0.717, 1.165) is 0 Å². The Kier molecular flexibility index (Phi) is 8.13. The summed E-state index contributed by atoms with van der Waals surface area (Å²) in [6, 6.07) is 5.89. The molecule has 5 atom stereocenters. The second-order valence-corrected chi connectivity index (χ2v) is 6.88. The van der Waals surface area contributed by atoms with Gasteiger partial charge in [-0.1, -0.05) is 6.08 Å². The number of benzene rings is 1. The number of hydrogen-bond acceptors (Lipinski definition) is 6. The zero-order valence-corrected chi connectivity index (χ0v) is 15.9. The van der Waals surface area contributed by atoms with Gasteiger partial charge in [0.1, 0.15) is 6.10 Å². The summed E-state index contributed by atoms with van der Waals surface area (Å²) in [5, 5.41) is 31.1. The lowest BCUT2D eigenvalue weighted by Crippen LogP contribution is -2.48. The molecule has 8 heteroatoms. The normalized spacial score (nSPS) is 26.1. The van der Waals surface area contributed by atoms with Crippen LogP contribution < -0.4 is 5.32 Å². The minimum atomic E-state index is -1.02. The van der Waals surface area contributed by atoms with E-state index in [4.69, 9.17) is 14.6 Å². The minimum Gasteiger partial charge on any atom is -0.478 e. The fraction of sp³-hybridized carbons (Fsp3) is 0.500. The number of rotatable bonds is 8. The molecule has 1 aromatic carbocycles. The molecule has 2 rings (SSSR count). The van der Waals surface area contributed by atoms with Crippen molar-refractivity contribution in [2.45, 2.75) is 63.8 Å². The van der Waals surface area contributed by atoms with Gasteiger partial charge in [0.25, 0.3) is 0 Å². The Bertz CT molecular complexity index is 688. The molecule has 0 aliphatic carbocycles. The summed E-state index contributed by atoms with van der Waals surface area (Å²) >= 11 is 0. The fourth-order valence-corrected chi connectivity index (χ4v) is 2.76. The standard InChI is InChI=1S/C20H27NO7/c1-12(27-20-17(23)11-16(22)13(2)28-20)5-3-4-6-18(24)21-15-9-7-14(8-10-15)19(25)26/h4,6-10,12-13,16-17,20,22-23H,3,5,11H2,1-2H3,(H,21,24)(H,25,26)/b6-4+/t12-,13?,16-,17-,20-/m1/s1. The molecule has 1 saturated heterocycles. The molecule has 0 radical (unpaired) electrons. The smallest absolute Gasteiger partial charge is 0.335 e. The van der Waals surface area contributed by atoms with Crippen molar-refractivity contribution >= 4 is 17.6 Å². The Morgan fingerprint density at radius 2 is 1.96 bits per heavy atom. The summed E-state index contributed by atoms with van der Waals surface area (Å²) in [7, 11) is 0. The van der Waals surface area contributed by atoms with Crippen LogP contribution in [0.3, 0.4) is 0 Å². The van der Waals surface area contributed by atoms with E-state index in [1.54, 1.807) is 13.0 Å². The Balaban J connectivity index is 1.70. The summed E-state index contributed by atoms with van der Waals surface area (Å²) in [6.45, 7) is 3.58. The molecule has 0 bridgehead atoms. The van der Waals surface area contributed by atoms with Crippen LogP contribution >= 0.6 is 0 Å². The molecule has 0 saturated carbocycles. The van der Waals surface area contributed by atoms with Gasteiger partial charge in [-0.3, -0.25) is 4.79 Å². The SMILES string of the molecule is CC1O[C@@H](O[C@H](C)CC/C=C/C(=O)Nc2ccc(C(=O)O)cc2)[C@H](O)C[C@H]1O. The van der Waals surface area contributed by atoms with Crippen LogP contribution in [0, 0.1) is 0 Å². The van der Waals surface area contributed by atoms with Crippen molar-refractivity contribution in [2.24, 2.45) is 0 Å². The topological polar surface area (TPSA) is 125 Å².